The Bertz CT molecular complexity index is 1170. The molecule has 1 amide bonds. The van der Waals surface area contributed by atoms with Gasteiger partial charge in [0, 0.05) is 18.7 Å². The summed E-state index contributed by atoms with van der Waals surface area (Å²) in [5.41, 5.74) is 0.641. The number of hydrogen-bond donors (Lipinski definition) is 0. The molecule has 2 aliphatic heterocycles. The molecule has 3 heterocycles. The van der Waals surface area contributed by atoms with Crippen molar-refractivity contribution in [3.63, 3.8) is 0 Å². The lowest BCUT2D eigenvalue weighted by atomic mass is 10.2. The zero-order chi connectivity index (χ0) is 20.8. The SMILES string of the molecule is COC(=O)Cn1c(=NC(=O)C2CCCN2S(C)(=O)=O)sc2cc3c(cc21)OCO3. The van der Waals surface area contributed by atoms with E-state index in [0.717, 1.165) is 11.0 Å². The smallest absolute Gasteiger partial charge is 0.325 e. The van der Waals surface area contributed by atoms with E-state index in [1.54, 1.807) is 16.7 Å². The minimum absolute atomic E-state index is 0.113. The fraction of sp³-hybridized carbons (Fsp3) is 0.471. The zero-order valence-corrected chi connectivity index (χ0v) is 17.4. The van der Waals surface area contributed by atoms with Crippen LogP contribution in [0.25, 0.3) is 10.2 Å². The predicted octanol–water partition coefficient (Wildman–Crippen LogP) is 0.456. The number of methoxy groups -OCH3 is 1. The molecule has 2 aromatic rings. The van der Waals surface area contributed by atoms with E-state index in [1.165, 1.54) is 22.8 Å². The van der Waals surface area contributed by atoms with E-state index < -0.39 is 27.9 Å². The van der Waals surface area contributed by atoms with E-state index in [2.05, 4.69) is 4.99 Å². The third kappa shape index (κ3) is 3.74. The van der Waals surface area contributed by atoms with Crippen LogP contribution in [0.3, 0.4) is 0 Å². The monoisotopic (exact) mass is 441 g/mol. The number of aromatic nitrogens is 1. The lowest BCUT2D eigenvalue weighted by Crippen LogP contribution is -2.40. The molecule has 0 saturated carbocycles. The van der Waals surface area contributed by atoms with Gasteiger partial charge in [-0.3, -0.25) is 9.59 Å². The maximum atomic E-state index is 12.8. The molecule has 156 valence electrons. The topological polar surface area (TPSA) is 116 Å². The summed E-state index contributed by atoms with van der Waals surface area (Å²) in [6.45, 7) is 0.256. The highest BCUT2D eigenvalue weighted by atomic mass is 32.2. The molecule has 0 bridgehead atoms. The van der Waals surface area contributed by atoms with Crippen molar-refractivity contribution in [3.05, 3.63) is 16.9 Å². The normalized spacial score (nSPS) is 19.8. The molecular weight excluding hydrogens is 422 g/mol. The average Bonchev–Trinajstić information content (AvgIpc) is 3.38. The van der Waals surface area contributed by atoms with Crippen molar-refractivity contribution in [2.45, 2.75) is 25.4 Å². The molecule has 10 nitrogen and oxygen atoms in total. The quantitative estimate of drug-likeness (QED) is 0.633. The van der Waals surface area contributed by atoms with Crippen LogP contribution in [0.15, 0.2) is 17.1 Å². The van der Waals surface area contributed by atoms with Crippen LogP contribution in [0.4, 0.5) is 0 Å². The Hall–Kier alpha value is -2.44. The molecule has 29 heavy (non-hydrogen) atoms. The Kier molecular flexibility index (Phi) is 5.09. The van der Waals surface area contributed by atoms with Gasteiger partial charge in [0.15, 0.2) is 16.3 Å². The van der Waals surface area contributed by atoms with Crippen molar-refractivity contribution in [3.8, 4) is 11.5 Å². The highest BCUT2D eigenvalue weighted by Crippen LogP contribution is 2.37. The van der Waals surface area contributed by atoms with Crippen LogP contribution in [-0.4, -0.2) is 61.9 Å². The molecule has 1 aromatic carbocycles. The number of benzene rings is 1. The summed E-state index contributed by atoms with van der Waals surface area (Å²) in [6, 6.07) is 2.65. The van der Waals surface area contributed by atoms with Crippen molar-refractivity contribution >= 4 is 43.5 Å². The Morgan fingerprint density at radius 3 is 2.72 bits per heavy atom. The van der Waals surface area contributed by atoms with Gasteiger partial charge >= 0.3 is 5.97 Å². The summed E-state index contributed by atoms with van der Waals surface area (Å²) < 4.78 is 42.9. The Morgan fingerprint density at radius 1 is 1.31 bits per heavy atom. The number of thiazole rings is 1. The summed E-state index contributed by atoms with van der Waals surface area (Å²) >= 11 is 1.20. The van der Waals surface area contributed by atoms with Crippen LogP contribution in [0.2, 0.25) is 0 Å². The molecule has 1 aromatic heterocycles. The van der Waals surface area contributed by atoms with Gasteiger partial charge in [-0.25, -0.2) is 8.42 Å². The number of sulfonamides is 1. The summed E-state index contributed by atoms with van der Waals surface area (Å²) in [5, 5.41) is 0. The first-order chi connectivity index (χ1) is 13.8. The molecule has 0 N–H and O–H groups in total. The standard InChI is InChI=1S/C17H19N3O7S2/c1-25-15(21)8-19-11-6-12-13(27-9-26-12)7-14(11)28-17(19)18-16(22)10-4-3-5-20(10)29(2,23)24/h6-7,10H,3-5,8-9H2,1-2H3. The van der Waals surface area contributed by atoms with E-state index in [4.69, 9.17) is 14.2 Å². The largest absolute Gasteiger partial charge is 0.468 e. The van der Waals surface area contributed by atoms with Crippen molar-refractivity contribution in [2.75, 3.05) is 26.7 Å². The average molecular weight is 441 g/mol. The molecule has 1 atom stereocenters. The molecule has 2 aliphatic rings. The number of carbonyl (C=O) groups is 2. The second kappa shape index (κ2) is 7.43. The lowest BCUT2D eigenvalue weighted by molar-refractivity contribution is -0.141. The molecule has 4 rings (SSSR count). The van der Waals surface area contributed by atoms with Gasteiger partial charge in [0.05, 0.1) is 23.6 Å². The fourth-order valence-corrected chi connectivity index (χ4v) is 5.61. The van der Waals surface area contributed by atoms with E-state index in [9.17, 15) is 18.0 Å². The van der Waals surface area contributed by atoms with Crippen molar-refractivity contribution in [2.24, 2.45) is 4.99 Å². The van der Waals surface area contributed by atoms with Gasteiger partial charge in [0.2, 0.25) is 16.8 Å². The summed E-state index contributed by atoms with van der Waals surface area (Å²) in [4.78, 5) is 29.2. The number of rotatable bonds is 4. The first-order valence-electron chi connectivity index (χ1n) is 8.83. The van der Waals surface area contributed by atoms with Gasteiger partial charge in [-0.05, 0) is 12.8 Å². The molecule has 12 heteroatoms. The van der Waals surface area contributed by atoms with Gasteiger partial charge in [-0.2, -0.15) is 9.30 Å². The fourth-order valence-electron chi connectivity index (χ4n) is 3.44. The van der Waals surface area contributed by atoms with Crippen LogP contribution in [-0.2, 0) is 30.9 Å². The minimum Gasteiger partial charge on any atom is -0.468 e. The van der Waals surface area contributed by atoms with Crippen LogP contribution in [0.5, 0.6) is 11.5 Å². The first kappa shape index (κ1) is 19.9. The van der Waals surface area contributed by atoms with Gasteiger partial charge in [-0.15, -0.1) is 0 Å². The number of amides is 1. The van der Waals surface area contributed by atoms with E-state index in [1.807, 2.05) is 0 Å². The van der Waals surface area contributed by atoms with E-state index in [-0.39, 0.29) is 18.1 Å². The highest BCUT2D eigenvalue weighted by Gasteiger charge is 2.36. The van der Waals surface area contributed by atoms with Gasteiger partial charge in [0.25, 0.3) is 5.91 Å². The molecular formula is C17H19N3O7S2. The second-order valence-electron chi connectivity index (χ2n) is 6.70. The molecule has 1 unspecified atom stereocenters. The summed E-state index contributed by atoms with van der Waals surface area (Å²) in [5.74, 6) is 0.0414. The third-order valence-corrected chi connectivity index (χ3v) is 7.14. The summed E-state index contributed by atoms with van der Waals surface area (Å²) in [7, 11) is -2.24. The maximum Gasteiger partial charge on any atom is 0.325 e. The number of esters is 1. The molecule has 0 aliphatic carbocycles. The van der Waals surface area contributed by atoms with Crippen LogP contribution < -0.4 is 14.3 Å². The highest BCUT2D eigenvalue weighted by molar-refractivity contribution is 7.88. The van der Waals surface area contributed by atoms with Gasteiger partial charge in [-0.1, -0.05) is 11.3 Å². The van der Waals surface area contributed by atoms with Crippen molar-refractivity contribution in [1.29, 1.82) is 0 Å². The minimum atomic E-state index is -3.51. The van der Waals surface area contributed by atoms with Gasteiger partial charge < -0.3 is 18.8 Å². The van der Waals surface area contributed by atoms with Crippen LogP contribution in [0.1, 0.15) is 12.8 Å². The maximum absolute atomic E-state index is 12.8. The van der Waals surface area contributed by atoms with E-state index >= 15 is 0 Å². The number of nitrogens with zero attached hydrogens (tertiary/aromatic N) is 3. The number of carbonyl (C=O) groups excluding carboxylic acids is 2. The molecule has 1 saturated heterocycles. The Balaban J connectivity index is 1.80. The number of hydrogen-bond acceptors (Lipinski definition) is 8. The predicted molar refractivity (Wildman–Crippen MR) is 103 cm³/mol. The van der Waals surface area contributed by atoms with Crippen molar-refractivity contribution in [1.82, 2.24) is 8.87 Å². The third-order valence-electron chi connectivity index (χ3n) is 4.81. The number of fused-ring (bicyclic) bond motifs is 2. The molecule has 1 fully saturated rings. The first-order valence-corrected chi connectivity index (χ1v) is 11.5. The van der Waals surface area contributed by atoms with Crippen LogP contribution >= 0.6 is 11.3 Å². The zero-order valence-electron chi connectivity index (χ0n) is 15.8. The number of ether oxygens (including phenoxy) is 3. The van der Waals surface area contributed by atoms with E-state index in [0.29, 0.717) is 36.4 Å². The van der Waals surface area contributed by atoms with Crippen molar-refractivity contribution < 1.29 is 32.2 Å². The molecule has 0 radical (unpaired) electrons. The molecule has 0 spiro atoms. The Morgan fingerprint density at radius 2 is 2.03 bits per heavy atom. The van der Waals surface area contributed by atoms with Gasteiger partial charge in [0.1, 0.15) is 12.6 Å². The van der Waals surface area contributed by atoms with Crippen LogP contribution in [0, 0.1) is 0 Å². The lowest BCUT2D eigenvalue weighted by Gasteiger charge is -2.18. The second-order valence-corrected chi connectivity index (χ2v) is 9.65. The summed E-state index contributed by atoms with van der Waals surface area (Å²) in [6.07, 6.45) is 2.08. The Labute approximate surface area is 170 Å².